The molecule has 3 atom stereocenters. The van der Waals surface area contributed by atoms with Crippen LogP contribution in [0.25, 0.3) is 10.8 Å². The molecule has 0 aromatic heterocycles. The number of rotatable bonds is 7. The molecule has 1 aliphatic carbocycles. The number of halogens is 2. The molecule has 3 aromatic rings. The summed E-state index contributed by atoms with van der Waals surface area (Å²) >= 11 is 0. The van der Waals surface area contributed by atoms with Gasteiger partial charge in [0.05, 0.1) is 6.04 Å². The van der Waals surface area contributed by atoms with Crippen molar-refractivity contribution in [2.45, 2.75) is 25.0 Å². The lowest BCUT2D eigenvalue weighted by molar-refractivity contribution is -0.123. The number of amides is 1. The van der Waals surface area contributed by atoms with E-state index in [0.29, 0.717) is 12.0 Å². The highest BCUT2D eigenvalue weighted by atomic mass is 19.3. The van der Waals surface area contributed by atoms with E-state index in [1.165, 1.54) is 6.07 Å². The van der Waals surface area contributed by atoms with Crippen molar-refractivity contribution in [1.29, 1.82) is 0 Å². The minimum absolute atomic E-state index is 0.120. The second kappa shape index (κ2) is 8.17. The number of hydrogen-bond acceptors (Lipinski definition) is 3. The highest BCUT2D eigenvalue weighted by molar-refractivity contribution is 5.85. The Morgan fingerprint density at radius 1 is 1.07 bits per heavy atom. The first kappa shape index (κ1) is 19.3. The maximum Gasteiger partial charge on any atom is 0.387 e. The van der Waals surface area contributed by atoms with Crippen LogP contribution in [0, 0.1) is 5.92 Å². The molecule has 0 bridgehead atoms. The summed E-state index contributed by atoms with van der Waals surface area (Å²) in [6, 6.07) is 20.3. The fourth-order valence-corrected chi connectivity index (χ4v) is 3.80. The van der Waals surface area contributed by atoms with Crippen LogP contribution in [0.15, 0.2) is 66.7 Å². The fourth-order valence-electron chi connectivity index (χ4n) is 3.80. The first-order valence-corrected chi connectivity index (χ1v) is 9.59. The maximum atomic E-state index is 12.8. The molecule has 0 spiro atoms. The van der Waals surface area contributed by atoms with Gasteiger partial charge in [-0.25, -0.2) is 0 Å². The molecule has 29 heavy (non-hydrogen) atoms. The number of hydrogen-bond donors (Lipinski definition) is 2. The Labute approximate surface area is 167 Å². The van der Waals surface area contributed by atoms with Crippen molar-refractivity contribution in [2.75, 3.05) is 6.54 Å². The molecule has 1 amide bonds. The van der Waals surface area contributed by atoms with Gasteiger partial charge in [0.15, 0.2) is 0 Å². The number of carbonyl (C=O) groups excluding carboxylic acids is 1. The zero-order valence-corrected chi connectivity index (χ0v) is 15.7. The first-order valence-electron chi connectivity index (χ1n) is 9.59. The predicted octanol–water partition coefficient (Wildman–Crippen LogP) is 4.36. The molecule has 0 aliphatic heterocycles. The highest BCUT2D eigenvalue weighted by Gasteiger charge is 2.45. The summed E-state index contributed by atoms with van der Waals surface area (Å²) in [5, 5.41) is 5.22. The second-order valence-corrected chi connectivity index (χ2v) is 7.27. The number of nitrogens with one attached hydrogen (secondary N) is 1. The average molecular weight is 396 g/mol. The van der Waals surface area contributed by atoms with Crippen molar-refractivity contribution in [2.24, 2.45) is 11.7 Å². The highest BCUT2D eigenvalue weighted by Crippen LogP contribution is 2.50. The zero-order chi connectivity index (χ0) is 20.4. The van der Waals surface area contributed by atoms with Crippen LogP contribution in [0.5, 0.6) is 5.75 Å². The number of nitrogens with two attached hydrogens (primary N) is 1. The van der Waals surface area contributed by atoms with Gasteiger partial charge in [-0.3, -0.25) is 4.79 Å². The minimum Gasteiger partial charge on any atom is -0.435 e. The van der Waals surface area contributed by atoms with E-state index in [9.17, 15) is 13.6 Å². The SMILES string of the molecule is NCC(NC(=O)C1CC1c1ccccc1OC(F)F)c1ccc2ccccc2c1. The van der Waals surface area contributed by atoms with Gasteiger partial charge in [-0.05, 0) is 46.4 Å². The fraction of sp³-hybridized carbons (Fsp3) is 0.261. The van der Waals surface area contributed by atoms with Crippen molar-refractivity contribution in [3.8, 4) is 5.75 Å². The molecular weight excluding hydrogens is 374 g/mol. The van der Waals surface area contributed by atoms with Crippen LogP contribution in [-0.4, -0.2) is 19.1 Å². The molecule has 3 aromatic carbocycles. The molecule has 0 heterocycles. The van der Waals surface area contributed by atoms with Gasteiger partial charge in [0.1, 0.15) is 5.75 Å². The first-order chi connectivity index (χ1) is 14.1. The van der Waals surface area contributed by atoms with E-state index < -0.39 is 6.61 Å². The van der Waals surface area contributed by atoms with Crippen LogP contribution in [0.3, 0.4) is 0 Å². The zero-order valence-electron chi connectivity index (χ0n) is 15.7. The molecule has 150 valence electrons. The number of para-hydroxylation sites is 1. The number of alkyl halides is 2. The van der Waals surface area contributed by atoms with Crippen LogP contribution >= 0.6 is 0 Å². The summed E-state index contributed by atoms with van der Waals surface area (Å²) in [5.41, 5.74) is 7.51. The van der Waals surface area contributed by atoms with Crippen LogP contribution in [0.4, 0.5) is 8.78 Å². The van der Waals surface area contributed by atoms with Crippen LogP contribution in [0.1, 0.15) is 29.5 Å². The number of fused-ring (bicyclic) bond motifs is 1. The Hall–Kier alpha value is -2.99. The van der Waals surface area contributed by atoms with Gasteiger partial charge in [0.25, 0.3) is 0 Å². The third kappa shape index (κ3) is 4.22. The molecule has 0 saturated heterocycles. The molecule has 0 radical (unpaired) electrons. The average Bonchev–Trinajstić information content (AvgIpc) is 3.52. The Kier molecular flexibility index (Phi) is 5.45. The monoisotopic (exact) mass is 396 g/mol. The maximum absolute atomic E-state index is 12.8. The summed E-state index contributed by atoms with van der Waals surface area (Å²) in [7, 11) is 0. The summed E-state index contributed by atoms with van der Waals surface area (Å²) in [5.74, 6) is -0.384. The van der Waals surface area contributed by atoms with Crippen LogP contribution in [0.2, 0.25) is 0 Å². The summed E-state index contributed by atoms with van der Waals surface area (Å²) in [6.45, 7) is -2.62. The Balaban J connectivity index is 1.46. The smallest absolute Gasteiger partial charge is 0.387 e. The lowest BCUT2D eigenvalue weighted by Crippen LogP contribution is -2.34. The molecule has 4 nitrogen and oxygen atoms in total. The molecule has 1 saturated carbocycles. The van der Waals surface area contributed by atoms with Crippen molar-refractivity contribution in [1.82, 2.24) is 5.32 Å². The van der Waals surface area contributed by atoms with Gasteiger partial charge in [-0.15, -0.1) is 0 Å². The topological polar surface area (TPSA) is 64.3 Å². The van der Waals surface area contributed by atoms with Gasteiger partial charge in [-0.2, -0.15) is 8.78 Å². The lowest BCUT2D eigenvalue weighted by atomic mass is 10.0. The summed E-state index contributed by atoms with van der Waals surface area (Å²) in [4.78, 5) is 12.8. The van der Waals surface area contributed by atoms with E-state index in [0.717, 1.165) is 16.3 Å². The second-order valence-electron chi connectivity index (χ2n) is 7.27. The van der Waals surface area contributed by atoms with E-state index >= 15 is 0 Å². The number of ether oxygens (including phenoxy) is 1. The van der Waals surface area contributed by atoms with Gasteiger partial charge < -0.3 is 15.8 Å². The number of carbonyl (C=O) groups is 1. The quantitative estimate of drug-likeness (QED) is 0.624. The van der Waals surface area contributed by atoms with E-state index in [2.05, 4.69) is 10.1 Å². The molecule has 1 aliphatic rings. The Morgan fingerprint density at radius 3 is 2.55 bits per heavy atom. The van der Waals surface area contributed by atoms with E-state index in [-0.39, 0.29) is 36.1 Å². The van der Waals surface area contributed by atoms with Crippen molar-refractivity contribution < 1.29 is 18.3 Å². The predicted molar refractivity (Wildman–Crippen MR) is 108 cm³/mol. The van der Waals surface area contributed by atoms with Crippen molar-refractivity contribution in [3.63, 3.8) is 0 Å². The van der Waals surface area contributed by atoms with E-state index in [4.69, 9.17) is 5.73 Å². The van der Waals surface area contributed by atoms with Crippen molar-refractivity contribution in [3.05, 3.63) is 77.9 Å². The molecule has 3 unspecified atom stereocenters. The molecule has 3 N–H and O–H groups in total. The third-order valence-electron chi connectivity index (χ3n) is 5.39. The standard InChI is InChI=1S/C23H22F2N2O2/c24-23(25)29-21-8-4-3-7-17(21)18-12-19(18)22(28)27-20(13-26)16-10-9-14-5-1-2-6-15(14)11-16/h1-11,18-20,23H,12-13,26H2,(H,27,28). The molecule has 4 rings (SSSR count). The normalized spacial score (nSPS) is 19.2. The van der Waals surface area contributed by atoms with Gasteiger partial charge in [-0.1, -0.05) is 54.6 Å². The molecule has 6 heteroatoms. The van der Waals surface area contributed by atoms with Gasteiger partial charge >= 0.3 is 6.61 Å². The number of benzene rings is 3. The molecular formula is C23H22F2N2O2. The van der Waals surface area contributed by atoms with Gasteiger partial charge in [0.2, 0.25) is 5.91 Å². The van der Waals surface area contributed by atoms with Crippen LogP contribution < -0.4 is 15.8 Å². The lowest BCUT2D eigenvalue weighted by Gasteiger charge is -2.18. The largest absolute Gasteiger partial charge is 0.435 e. The summed E-state index contributed by atoms with van der Waals surface area (Å²) in [6.07, 6.45) is 0.602. The van der Waals surface area contributed by atoms with Crippen molar-refractivity contribution >= 4 is 16.7 Å². The minimum atomic E-state index is -2.89. The van der Waals surface area contributed by atoms with E-state index in [1.54, 1.807) is 18.2 Å². The Morgan fingerprint density at radius 2 is 1.79 bits per heavy atom. The summed E-state index contributed by atoms with van der Waals surface area (Å²) < 4.78 is 29.9. The van der Waals surface area contributed by atoms with E-state index in [1.807, 2.05) is 42.5 Å². The molecule has 1 fully saturated rings. The van der Waals surface area contributed by atoms with Crippen LogP contribution in [-0.2, 0) is 4.79 Å². The third-order valence-corrected chi connectivity index (χ3v) is 5.39. The Bertz CT molecular complexity index is 1020. The van der Waals surface area contributed by atoms with Gasteiger partial charge in [0, 0.05) is 12.5 Å².